The number of hydrogen-bond donors (Lipinski definition) is 1. The molecule has 1 aliphatic carbocycles. The van der Waals surface area contributed by atoms with E-state index in [0.29, 0.717) is 12.6 Å². The lowest BCUT2D eigenvalue weighted by molar-refractivity contribution is -0.116. The molecule has 2 heterocycles. The molecule has 1 saturated carbocycles. The first-order valence-electron chi connectivity index (χ1n) is 9.61. The van der Waals surface area contributed by atoms with E-state index in [-0.39, 0.29) is 16.8 Å². The maximum Gasteiger partial charge on any atom is 0.240 e. The number of carbonyl (C=O) groups is 1. The molecule has 0 aromatic heterocycles. The molecular weight excluding hydrogens is 350 g/mol. The molecular formula is C19H27N3O3S. The number of hydrogen-bond acceptors (Lipinski definition) is 4. The van der Waals surface area contributed by atoms with Gasteiger partial charge in [0.15, 0.2) is 0 Å². The topological polar surface area (TPSA) is 69.7 Å². The fraction of sp³-hybridized carbons (Fsp3) is 0.632. The molecule has 6 nitrogen and oxygen atoms in total. The first-order chi connectivity index (χ1) is 12.4. The van der Waals surface area contributed by atoms with Crippen LogP contribution in [0.5, 0.6) is 0 Å². The van der Waals surface area contributed by atoms with Crippen molar-refractivity contribution in [2.75, 3.05) is 24.5 Å². The number of rotatable bonds is 4. The Kier molecular flexibility index (Phi) is 4.79. The second-order valence-corrected chi connectivity index (χ2v) is 9.47. The monoisotopic (exact) mass is 377 g/mol. The van der Waals surface area contributed by atoms with Gasteiger partial charge in [0.1, 0.15) is 0 Å². The Morgan fingerprint density at radius 1 is 1.15 bits per heavy atom. The molecule has 26 heavy (non-hydrogen) atoms. The maximum atomic E-state index is 12.9. The van der Waals surface area contributed by atoms with Gasteiger partial charge in [-0.25, -0.2) is 13.1 Å². The molecule has 142 valence electrons. The number of fused-ring (bicyclic) bond motifs is 1. The van der Waals surface area contributed by atoms with Crippen molar-refractivity contribution in [3.63, 3.8) is 0 Å². The fourth-order valence-corrected chi connectivity index (χ4v) is 5.91. The van der Waals surface area contributed by atoms with Crippen molar-refractivity contribution < 1.29 is 13.2 Å². The highest BCUT2D eigenvalue weighted by molar-refractivity contribution is 7.89. The van der Waals surface area contributed by atoms with Gasteiger partial charge >= 0.3 is 0 Å². The minimum Gasteiger partial charge on any atom is -0.312 e. The zero-order valence-corrected chi connectivity index (χ0v) is 16.1. The molecule has 7 heteroatoms. The van der Waals surface area contributed by atoms with Gasteiger partial charge in [0, 0.05) is 44.3 Å². The summed E-state index contributed by atoms with van der Waals surface area (Å²) in [6.45, 7) is 3.92. The molecule has 1 saturated heterocycles. The van der Waals surface area contributed by atoms with Crippen LogP contribution in [0, 0.1) is 0 Å². The predicted octanol–water partition coefficient (Wildman–Crippen LogP) is 1.89. The SMILES string of the molecule is CC(=O)N1CCc2ccc(S(=O)(=O)NC3CCN(C4CCCC4)C3)cc21. The molecule has 1 aromatic rings. The van der Waals surface area contributed by atoms with Gasteiger partial charge in [-0.2, -0.15) is 0 Å². The van der Waals surface area contributed by atoms with Gasteiger partial charge in [-0.1, -0.05) is 18.9 Å². The van der Waals surface area contributed by atoms with Crippen LogP contribution in [0.4, 0.5) is 5.69 Å². The van der Waals surface area contributed by atoms with Gasteiger partial charge in [0.2, 0.25) is 15.9 Å². The van der Waals surface area contributed by atoms with Crippen LogP contribution < -0.4 is 9.62 Å². The predicted molar refractivity (Wildman–Crippen MR) is 101 cm³/mol. The summed E-state index contributed by atoms with van der Waals surface area (Å²) in [4.78, 5) is 16.1. The van der Waals surface area contributed by atoms with Crippen molar-refractivity contribution >= 4 is 21.6 Å². The normalized spacial score (nSPS) is 24.3. The van der Waals surface area contributed by atoms with Crippen LogP contribution in [0.2, 0.25) is 0 Å². The molecule has 0 radical (unpaired) electrons. The number of nitrogens with one attached hydrogen (secondary N) is 1. The zero-order valence-electron chi connectivity index (χ0n) is 15.3. The molecule has 0 bridgehead atoms. The van der Waals surface area contributed by atoms with Crippen molar-refractivity contribution in [3.05, 3.63) is 23.8 Å². The Morgan fingerprint density at radius 3 is 2.65 bits per heavy atom. The lowest BCUT2D eigenvalue weighted by Crippen LogP contribution is -2.39. The third-order valence-electron chi connectivity index (χ3n) is 6.03. The second-order valence-electron chi connectivity index (χ2n) is 7.75. The lowest BCUT2D eigenvalue weighted by atomic mass is 10.2. The third kappa shape index (κ3) is 3.40. The summed E-state index contributed by atoms with van der Waals surface area (Å²) in [5.41, 5.74) is 1.77. The van der Waals surface area contributed by atoms with Crippen LogP contribution in [0.3, 0.4) is 0 Å². The highest BCUT2D eigenvalue weighted by Crippen LogP contribution is 2.31. The molecule has 1 amide bonds. The van der Waals surface area contributed by atoms with Crippen LogP contribution >= 0.6 is 0 Å². The van der Waals surface area contributed by atoms with Crippen LogP contribution in [0.25, 0.3) is 0 Å². The van der Waals surface area contributed by atoms with Crippen molar-refractivity contribution in [2.24, 2.45) is 0 Å². The summed E-state index contributed by atoms with van der Waals surface area (Å²) < 4.78 is 28.6. The van der Waals surface area contributed by atoms with Crippen molar-refractivity contribution in [3.8, 4) is 0 Å². The van der Waals surface area contributed by atoms with E-state index in [1.54, 1.807) is 17.0 Å². The molecule has 1 aromatic carbocycles. The summed E-state index contributed by atoms with van der Waals surface area (Å²) in [6, 6.07) is 5.75. The Morgan fingerprint density at radius 2 is 1.92 bits per heavy atom. The molecule has 4 rings (SSSR count). The van der Waals surface area contributed by atoms with Crippen LogP contribution in [0.1, 0.15) is 44.6 Å². The third-order valence-corrected chi connectivity index (χ3v) is 7.54. The van der Waals surface area contributed by atoms with Crippen molar-refractivity contribution in [2.45, 2.75) is 62.4 Å². The summed E-state index contributed by atoms with van der Waals surface area (Å²) in [5, 5.41) is 0. The minimum absolute atomic E-state index is 0.0298. The summed E-state index contributed by atoms with van der Waals surface area (Å²) in [6.07, 6.45) is 6.71. The number of anilines is 1. The Labute approximate surface area is 155 Å². The fourth-order valence-electron chi connectivity index (χ4n) is 4.63. The van der Waals surface area contributed by atoms with E-state index < -0.39 is 10.0 Å². The lowest BCUT2D eigenvalue weighted by Gasteiger charge is -2.23. The van der Waals surface area contributed by atoms with E-state index >= 15 is 0 Å². The van der Waals surface area contributed by atoms with Gasteiger partial charge in [-0.05, 0) is 43.4 Å². The number of carbonyl (C=O) groups excluding carboxylic acids is 1. The molecule has 2 fully saturated rings. The van der Waals surface area contributed by atoms with Crippen LogP contribution in [-0.2, 0) is 21.2 Å². The van der Waals surface area contributed by atoms with E-state index in [0.717, 1.165) is 37.2 Å². The highest BCUT2D eigenvalue weighted by Gasteiger charge is 2.33. The van der Waals surface area contributed by atoms with E-state index in [4.69, 9.17) is 0 Å². The van der Waals surface area contributed by atoms with Gasteiger partial charge in [-0.15, -0.1) is 0 Å². The maximum absolute atomic E-state index is 12.9. The average Bonchev–Trinajstić information content (AvgIpc) is 3.33. The Hall–Kier alpha value is -1.44. The molecule has 3 aliphatic rings. The molecule has 0 spiro atoms. The molecule has 1 N–H and O–H groups in total. The number of likely N-dealkylation sites (tertiary alicyclic amines) is 1. The quantitative estimate of drug-likeness (QED) is 0.870. The minimum atomic E-state index is -3.58. The van der Waals surface area contributed by atoms with Gasteiger partial charge in [-0.3, -0.25) is 9.69 Å². The number of benzene rings is 1. The first-order valence-corrected chi connectivity index (χ1v) is 11.1. The van der Waals surface area contributed by atoms with Crippen LogP contribution in [0.15, 0.2) is 23.1 Å². The van der Waals surface area contributed by atoms with Crippen molar-refractivity contribution in [1.82, 2.24) is 9.62 Å². The molecule has 1 atom stereocenters. The van der Waals surface area contributed by atoms with E-state index in [2.05, 4.69) is 9.62 Å². The average molecular weight is 378 g/mol. The smallest absolute Gasteiger partial charge is 0.240 e. The molecule has 2 aliphatic heterocycles. The summed E-state index contributed by atoms with van der Waals surface area (Å²) in [7, 11) is -3.58. The Balaban J connectivity index is 1.47. The van der Waals surface area contributed by atoms with E-state index in [1.807, 2.05) is 6.07 Å². The van der Waals surface area contributed by atoms with Gasteiger partial charge in [0.25, 0.3) is 0 Å². The highest BCUT2D eigenvalue weighted by atomic mass is 32.2. The van der Waals surface area contributed by atoms with E-state index in [9.17, 15) is 13.2 Å². The standard InChI is InChI=1S/C19H27N3O3S/c1-14(23)22-11-8-15-6-7-18(12-19(15)22)26(24,25)20-16-9-10-21(13-16)17-4-2-3-5-17/h6-7,12,16-17,20H,2-5,8-11,13H2,1H3. The zero-order chi connectivity index (χ0) is 18.3. The van der Waals surface area contributed by atoms with E-state index in [1.165, 1.54) is 32.6 Å². The van der Waals surface area contributed by atoms with Gasteiger partial charge in [0.05, 0.1) is 4.90 Å². The second kappa shape index (κ2) is 6.94. The van der Waals surface area contributed by atoms with Crippen molar-refractivity contribution in [1.29, 1.82) is 0 Å². The summed E-state index contributed by atoms with van der Waals surface area (Å²) >= 11 is 0. The number of sulfonamides is 1. The first kappa shape index (κ1) is 17.9. The van der Waals surface area contributed by atoms with Crippen LogP contribution in [-0.4, -0.2) is 50.9 Å². The number of nitrogens with zero attached hydrogens (tertiary/aromatic N) is 2. The summed E-state index contributed by atoms with van der Waals surface area (Å²) in [5.74, 6) is -0.0470. The largest absolute Gasteiger partial charge is 0.312 e. The molecule has 1 unspecified atom stereocenters. The Bertz CT molecular complexity index is 802. The van der Waals surface area contributed by atoms with Gasteiger partial charge < -0.3 is 4.90 Å². The number of amides is 1.